The summed E-state index contributed by atoms with van der Waals surface area (Å²) in [5.41, 5.74) is 2.87. The lowest BCUT2D eigenvalue weighted by molar-refractivity contribution is -0.133. The molecule has 1 atom stereocenters. The van der Waals surface area contributed by atoms with Crippen LogP contribution in [0.5, 0.6) is 0 Å². The van der Waals surface area contributed by atoms with Crippen molar-refractivity contribution < 1.29 is 4.79 Å². The molecular weight excluding hydrogens is 432 g/mol. The van der Waals surface area contributed by atoms with Gasteiger partial charge in [-0.25, -0.2) is 9.97 Å². The molecule has 0 saturated carbocycles. The van der Waals surface area contributed by atoms with Crippen LogP contribution in [0.15, 0.2) is 29.3 Å². The zero-order valence-corrected chi connectivity index (χ0v) is 18.3. The van der Waals surface area contributed by atoms with Gasteiger partial charge in [0.2, 0.25) is 5.91 Å². The van der Waals surface area contributed by atoms with E-state index in [0.717, 1.165) is 49.7 Å². The number of amides is 1. The average Bonchev–Trinajstić information content (AvgIpc) is 3.32. The first-order valence-corrected chi connectivity index (χ1v) is 11.4. The summed E-state index contributed by atoms with van der Waals surface area (Å²) >= 11 is 2.78. The molecule has 0 saturated heterocycles. The zero-order valence-electron chi connectivity index (χ0n) is 16.6. The third-order valence-electron chi connectivity index (χ3n) is 5.56. The second-order valence-corrected chi connectivity index (χ2v) is 9.65. The summed E-state index contributed by atoms with van der Waals surface area (Å²) in [5.74, 6) is 0.644. The number of nitrogens with one attached hydrogen (secondary N) is 2. The number of carbonyl (C=O) groups excluding carboxylic acids is 1. The second kappa shape index (κ2) is 7.76. The number of benzene rings is 1. The molecule has 0 bridgehead atoms. The molecule has 156 valence electrons. The number of aromatic nitrogens is 3. The highest BCUT2D eigenvalue weighted by Gasteiger charge is 2.30. The van der Waals surface area contributed by atoms with Gasteiger partial charge in [0.15, 0.2) is 0 Å². The van der Waals surface area contributed by atoms with E-state index in [1.54, 1.807) is 24.7 Å². The number of H-pyrrole nitrogens is 1. The molecule has 0 radical (unpaired) electrons. The van der Waals surface area contributed by atoms with Crippen LogP contribution < -0.4 is 10.2 Å². The van der Waals surface area contributed by atoms with Crippen LogP contribution in [0.25, 0.3) is 20.4 Å². The first kappa shape index (κ1) is 19.7. The Kier molecular flexibility index (Phi) is 4.92. The fourth-order valence-electron chi connectivity index (χ4n) is 4.07. The Morgan fingerprint density at radius 2 is 2.26 bits per heavy atom. The molecule has 4 aromatic rings. The molecule has 1 aliphatic rings. The molecule has 8 nitrogen and oxygen atoms in total. The van der Waals surface area contributed by atoms with Gasteiger partial charge in [0, 0.05) is 23.5 Å². The molecule has 31 heavy (non-hydrogen) atoms. The number of thiophene rings is 1. The minimum Gasteiger partial charge on any atom is -0.340 e. The summed E-state index contributed by atoms with van der Waals surface area (Å²) in [6.07, 6.45) is 3.72. The van der Waals surface area contributed by atoms with E-state index in [-0.39, 0.29) is 23.2 Å². The maximum absolute atomic E-state index is 12.6. The first-order valence-electron chi connectivity index (χ1n) is 9.80. The molecule has 0 fully saturated rings. The Balaban J connectivity index is 1.47. The summed E-state index contributed by atoms with van der Waals surface area (Å²) in [4.78, 5) is 39.5. The Morgan fingerprint density at radius 1 is 1.39 bits per heavy atom. The van der Waals surface area contributed by atoms with Crippen molar-refractivity contribution in [3.05, 3.63) is 44.6 Å². The lowest BCUT2D eigenvalue weighted by atomic mass is 9.87. The molecule has 1 aliphatic carbocycles. The third kappa shape index (κ3) is 3.56. The number of hydrogen-bond acceptors (Lipinski definition) is 8. The molecule has 3 aromatic heterocycles. The van der Waals surface area contributed by atoms with Crippen LogP contribution in [0.2, 0.25) is 0 Å². The largest absolute Gasteiger partial charge is 0.340 e. The van der Waals surface area contributed by atoms with Gasteiger partial charge in [0.05, 0.1) is 21.7 Å². The van der Waals surface area contributed by atoms with Crippen molar-refractivity contribution in [1.29, 1.82) is 5.26 Å². The molecule has 3 heterocycles. The van der Waals surface area contributed by atoms with Crippen LogP contribution in [-0.4, -0.2) is 39.4 Å². The molecule has 10 heteroatoms. The van der Waals surface area contributed by atoms with E-state index in [1.165, 1.54) is 21.8 Å². The van der Waals surface area contributed by atoms with Gasteiger partial charge in [0.1, 0.15) is 23.5 Å². The topological polar surface area (TPSA) is 115 Å². The van der Waals surface area contributed by atoms with E-state index in [0.29, 0.717) is 6.42 Å². The van der Waals surface area contributed by atoms with E-state index in [2.05, 4.69) is 20.3 Å². The van der Waals surface area contributed by atoms with Gasteiger partial charge in [-0.3, -0.25) is 9.59 Å². The van der Waals surface area contributed by atoms with Gasteiger partial charge in [-0.15, -0.1) is 11.3 Å². The normalized spacial score (nSPS) is 15.5. The van der Waals surface area contributed by atoms with Gasteiger partial charge >= 0.3 is 4.87 Å². The number of aromatic amines is 1. The highest BCUT2D eigenvalue weighted by molar-refractivity contribution is 7.19. The third-order valence-corrected chi connectivity index (χ3v) is 7.57. The van der Waals surface area contributed by atoms with Crippen molar-refractivity contribution in [2.45, 2.75) is 19.3 Å². The maximum atomic E-state index is 12.6. The van der Waals surface area contributed by atoms with Gasteiger partial charge in [-0.05, 0) is 43.0 Å². The second-order valence-electron chi connectivity index (χ2n) is 7.55. The minimum atomic E-state index is -0.109. The number of fused-ring (bicyclic) bond motifs is 4. The number of thiazole rings is 1. The quantitative estimate of drug-likeness (QED) is 0.461. The molecule has 1 amide bonds. The number of carbonyl (C=O) groups is 1. The molecule has 1 aromatic carbocycles. The zero-order chi connectivity index (χ0) is 21.5. The maximum Gasteiger partial charge on any atom is 0.305 e. The number of hydrogen-bond donors (Lipinski definition) is 2. The lowest BCUT2D eigenvalue weighted by Gasteiger charge is -2.25. The van der Waals surface area contributed by atoms with E-state index in [9.17, 15) is 9.59 Å². The molecule has 2 N–H and O–H groups in total. The number of nitrogens with zero attached hydrogens (tertiary/aromatic N) is 4. The van der Waals surface area contributed by atoms with Crippen LogP contribution >= 0.6 is 22.7 Å². The molecule has 5 rings (SSSR count). The Bertz CT molecular complexity index is 1410. The predicted octanol–water partition coefficient (Wildman–Crippen LogP) is 3.42. The smallest absolute Gasteiger partial charge is 0.305 e. The van der Waals surface area contributed by atoms with Crippen LogP contribution in [0, 0.1) is 17.2 Å². The van der Waals surface area contributed by atoms with Crippen molar-refractivity contribution >= 4 is 60.5 Å². The Hall–Kier alpha value is -3.29. The van der Waals surface area contributed by atoms with Crippen molar-refractivity contribution in [2.24, 2.45) is 5.92 Å². The summed E-state index contributed by atoms with van der Waals surface area (Å²) in [5, 5.41) is 13.3. The van der Waals surface area contributed by atoms with E-state index >= 15 is 0 Å². The van der Waals surface area contributed by atoms with Crippen LogP contribution in [-0.2, 0) is 17.6 Å². The van der Waals surface area contributed by atoms with Crippen LogP contribution in [0.1, 0.15) is 16.9 Å². The van der Waals surface area contributed by atoms with Crippen molar-refractivity contribution in [2.75, 3.05) is 18.9 Å². The fraction of sp³-hybridized carbons (Fsp3) is 0.286. The first-order chi connectivity index (χ1) is 15.0. The van der Waals surface area contributed by atoms with Crippen LogP contribution in [0.4, 0.5) is 11.5 Å². The molecule has 0 spiro atoms. The lowest BCUT2D eigenvalue weighted by Crippen LogP contribution is -2.35. The Labute approximate surface area is 185 Å². The standard InChI is InChI=1S/C21H18N6O2S2/c1-27(7-6-22)20(28)11-2-4-13-15(8-11)30-19-17(13)18(23-10-24-19)25-12-3-5-14-16(9-12)31-21(29)26-14/h3,5,9-11H,2,4,7-8H2,1H3,(H,26,29)(H,23,24,25)/t11-/m1/s1. The number of rotatable bonds is 4. The van der Waals surface area contributed by atoms with Gasteiger partial charge in [-0.2, -0.15) is 5.26 Å². The van der Waals surface area contributed by atoms with Crippen LogP contribution in [0.3, 0.4) is 0 Å². The highest BCUT2D eigenvalue weighted by Crippen LogP contribution is 2.40. The van der Waals surface area contributed by atoms with E-state index in [4.69, 9.17) is 5.26 Å². The van der Waals surface area contributed by atoms with Gasteiger partial charge in [-0.1, -0.05) is 11.3 Å². The Morgan fingerprint density at radius 3 is 3.10 bits per heavy atom. The highest BCUT2D eigenvalue weighted by atomic mass is 32.1. The average molecular weight is 451 g/mol. The van der Waals surface area contributed by atoms with Gasteiger partial charge in [0.25, 0.3) is 0 Å². The SMILES string of the molecule is CN(CC#N)C(=O)[C@@H]1CCc2c(sc3ncnc(Nc4ccc5[nH]c(=O)sc5c4)c23)C1. The summed E-state index contributed by atoms with van der Waals surface area (Å²) in [6, 6.07) is 7.76. The summed E-state index contributed by atoms with van der Waals surface area (Å²) < 4.78 is 0.885. The minimum absolute atomic E-state index is 0.0212. The summed E-state index contributed by atoms with van der Waals surface area (Å²) in [7, 11) is 1.68. The fourth-order valence-corrected chi connectivity index (χ4v) is 6.11. The molecule has 0 aliphatic heterocycles. The number of nitriles is 1. The van der Waals surface area contributed by atoms with E-state index < -0.39 is 0 Å². The predicted molar refractivity (Wildman–Crippen MR) is 122 cm³/mol. The number of anilines is 2. The molecule has 0 unspecified atom stereocenters. The molecular formula is C21H18N6O2S2. The van der Waals surface area contributed by atoms with Crippen molar-refractivity contribution in [3.8, 4) is 6.07 Å². The number of aryl methyl sites for hydroxylation is 1. The van der Waals surface area contributed by atoms with Crippen molar-refractivity contribution in [3.63, 3.8) is 0 Å². The van der Waals surface area contributed by atoms with E-state index in [1.807, 2.05) is 24.3 Å². The summed E-state index contributed by atoms with van der Waals surface area (Å²) in [6.45, 7) is 0.105. The monoisotopic (exact) mass is 450 g/mol. The van der Waals surface area contributed by atoms with Gasteiger partial charge < -0.3 is 15.2 Å². The van der Waals surface area contributed by atoms with Crippen molar-refractivity contribution in [1.82, 2.24) is 19.9 Å².